The lowest BCUT2D eigenvalue weighted by Crippen LogP contribution is -2.40. The van der Waals surface area contributed by atoms with Crippen LogP contribution in [0.15, 0.2) is 30.3 Å². The Kier molecular flexibility index (Phi) is 4.48. The Bertz CT molecular complexity index is 447. The van der Waals surface area contributed by atoms with Gasteiger partial charge in [-0.1, -0.05) is 39.0 Å². The zero-order valence-electron chi connectivity index (χ0n) is 12.5. The summed E-state index contributed by atoms with van der Waals surface area (Å²) in [4.78, 5) is 12.0. The molecule has 2 rings (SSSR count). The van der Waals surface area contributed by atoms with Crippen molar-refractivity contribution in [2.75, 3.05) is 0 Å². The van der Waals surface area contributed by atoms with E-state index in [1.54, 1.807) is 12.1 Å². The molecular weight excluding hydrogens is 252 g/mol. The predicted octanol–water partition coefficient (Wildman–Crippen LogP) is 3.42. The van der Waals surface area contributed by atoms with Crippen LogP contribution in [0.4, 0.5) is 0 Å². The molecule has 1 aromatic carbocycles. The molecule has 1 saturated carbocycles. The molecule has 0 aromatic heterocycles. The molecule has 0 aliphatic heterocycles. The van der Waals surface area contributed by atoms with Gasteiger partial charge in [-0.2, -0.15) is 0 Å². The predicted molar refractivity (Wildman–Crippen MR) is 78.4 cm³/mol. The van der Waals surface area contributed by atoms with Crippen molar-refractivity contribution in [2.24, 2.45) is 11.3 Å². The number of carbonyl (C=O) groups is 1. The molecule has 0 spiro atoms. The van der Waals surface area contributed by atoms with E-state index >= 15 is 0 Å². The Balaban J connectivity index is 1.94. The molecule has 0 heterocycles. The fourth-order valence-corrected chi connectivity index (χ4v) is 2.82. The molecule has 1 N–H and O–H groups in total. The van der Waals surface area contributed by atoms with Gasteiger partial charge in [0.05, 0.1) is 11.7 Å². The van der Waals surface area contributed by atoms with Crippen LogP contribution in [0.1, 0.15) is 50.4 Å². The highest BCUT2D eigenvalue weighted by Crippen LogP contribution is 2.38. The van der Waals surface area contributed by atoms with Crippen LogP contribution in [-0.2, 0) is 4.74 Å². The Labute approximate surface area is 121 Å². The van der Waals surface area contributed by atoms with Gasteiger partial charge in [-0.15, -0.1) is 0 Å². The molecule has 3 atom stereocenters. The van der Waals surface area contributed by atoms with Gasteiger partial charge in [0.15, 0.2) is 0 Å². The molecule has 3 nitrogen and oxygen atoms in total. The number of benzene rings is 1. The van der Waals surface area contributed by atoms with Crippen LogP contribution in [-0.4, -0.2) is 23.3 Å². The Morgan fingerprint density at radius 3 is 2.40 bits per heavy atom. The highest BCUT2D eigenvalue weighted by Gasteiger charge is 2.36. The number of aliphatic hydroxyl groups excluding tert-OH is 1. The minimum Gasteiger partial charge on any atom is -0.456 e. The topological polar surface area (TPSA) is 46.5 Å². The van der Waals surface area contributed by atoms with Gasteiger partial charge >= 0.3 is 5.97 Å². The third kappa shape index (κ3) is 3.60. The zero-order chi connectivity index (χ0) is 14.8. The average molecular weight is 276 g/mol. The van der Waals surface area contributed by atoms with Gasteiger partial charge in [-0.25, -0.2) is 4.79 Å². The molecule has 0 radical (unpaired) electrons. The van der Waals surface area contributed by atoms with Crippen LogP contribution in [0, 0.1) is 11.3 Å². The number of rotatable bonds is 2. The smallest absolute Gasteiger partial charge is 0.338 e. The van der Waals surface area contributed by atoms with E-state index in [1.165, 1.54) is 0 Å². The summed E-state index contributed by atoms with van der Waals surface area (Å²) in [6.45, 7) is 6.59. The van der Waals surface area contributed by atoms with Crippen molar-refractivity contribution in [1.29, 1.82) is 0 Å². The molecule has 1 aliphatic rings. The van der Waals surface area contributed by atoms with Gasteiger partial charge in [0.1, 0.15) is 6.10 Å². The summed E-state index contributed by atoms with van der Waals surface area (Å²) in [6, 6.07) is 8.94. The number of hydrogen-bond donors (Lipinski definition) is 1. The molecule has 0 bridgehead atoms. The van der Waals surface area contributed by atoms with Crippen molar-refractivity contribution in [2.45, 2.75) is 52.2 Å². The van der Waals surface area contributed by atoms with Crippen LogP contribution in [0.25, 0.3) is 0 Å². The first-order valence-electron chi connectivity index (χ1n) is 7.32. The fourth-order valence-electron chi connectivity index (χ4n) is 2.82. The quantitative estimate of drug-likeness (QED) is 0.842. The number of carbonyl (C=O) groups excluding carboxylic acids is 1. The molecular formula is C17H24O3. The van der Waals surface area contributed by atoms with E-state index in [0.29, 0.717) is 17.9 Å². The summed E-state index contributed by atoms with van der Waals surface area (Å²) in [7, 11) is 0. The lowest BCUT2D eigenvalue weighted by molar-refractivity contribution is -0.0594. The van der Waals surface area contributed by atoms with Crippen LogP contribution in [0.3, 0.4) is 0 Å². The highest BCUT2D eigenvalue weighted by molar-refractivity contribution is 5.89. The first-order chi connectivity index (χ1) is 9.38. The second kappa shape index (κ2) is 5.96. The van der Waals surface area contributed by atoms with E-state index in [0.717, 1.165) is 12.8 Å². The molecule has 0 amide bonds. The summed E-state index contributed by atoms with van der Waals surface area (Å²) in [5, 5.41) is 10.2. The normalized spacial score (nSPS) is 27.1. The van der Waals surface area contributed by atoms with E-state index < -0.39 is 6.10 Å². The SMILES string of the molecule is CC(C)(C)[C@H]1CC[C@H](OC(=O)c2ccccc2)[C@@H](O)C1. The first-order valence-corrected chi connectivity index (χ1v) is 7.32. The Morgan fingerprint density at radius 2 is 1.85 bits per heavy atom. The van der Waals surface area contributed by atoms with Crippen molar-refractivity contribution in [3.8, 4) is 0 Å². The minimum atomic E-state index is -0.555. The van der Waals surface area contributed by atoms with Crippen molar-refractivity contribution in [3.05, 3.63) is 35.9 Å². The lowest BCUT2D eigenvalue weighted by Gasteiger charge is -2.39. The second-order valence-electron chi connectivity index (χ2n) is 6.75. The molecule has 1 aromatic rings. The number of hydrogen-bond acceptors (Lipinski definition) is 3. The second-order valence-corrected chi connectivity index (χ2v) is 6.75. The van der Waals surface area contributed by atoms with Crippen LogP contribution in [0.2, 0.25) is 0 Å². The Hall–Kier alpha value is -1.35. The zero-order valence-corrected chi connectivity index (χ0v) is 12.5. The third-order valence-corrected chi connectivity index (χ3v) is 4.25. The van der Waals surface area contributed by atoms with Crippen LogP contribution >= 0.6 is 0 Å². The van der Waals surface area contributed by atoms with E-state index in [1.807, 2.05) is 18.2 Å². The summed E-state index contributed by atoms with van der Waals surface area (Å²) < 4.78 is 5.46. The largest absolute Gasteiger partial charge is 0.456 e. The maximum absolute atomic E-state index is 12.0. The number of esters is 1. The van der Waals surface area contributed by atoms with Crippen molar-refractivity contribution >= 4 is 5.97 Å². The number of aliphatic hydroxyl groups is 1. The molecule has 0 saturated heterocycles. The van der Waals surface area contributed by atoms with Crippen LogP contribution in [0.5, 0.6) is 0 Å². The summed E-state index contributed by atoms with van der Waals surface area (Å²) in [5.41, 5.74) is 0.729. The van der Waals surface area contributed by atoms with E-state index in [4.69, 9.17) is 4.74 Å². The molecule has 3 heteroatoms. The van der Waals surface area contributed by atoms with Gasteiger partial charge < -0.3 is 9.84 Å². The summed E-state index contributed by atoms with van der Waals surface area (Å²) in [5.74, 6) is 0.132. The van der Waals surface area contributed by atoms with E-state index in [9.17, 15) is 9.90 Å². The minimum absolute atomic E-state index is 0.190. The van der Waals surface area contributed by atoms with Crippen molar-refractivity contribution < 1.29 is 14.6 Å². The molecule has 110 valence electrons. The summed E-state index contributed by atoms with van der Waals surface area (Å²) in [6.07, 6.45) is 1.51. The fraction of sp³-hybridized carbons (Fsp3) is 0.588. The highest BCUT2D eigenvalue weighted by atomic mass is 16.6. The van der Waals surface area contributed by atoms with Gasteiger partial charge in [0, 0.05) is 0 Å². The van der Waals surface area contributed by atoms with Gasteiger partial charge in [-0.3, -0.25) is 0 Å². The standard InChI is InChI=1S/C17H24O3/c1-17(2,3)13-9-10-15(14(18)11-13)20-16(19)12-7-5-4-6-8-12/h4-8,13-15,18H,9-11H2,1-3H3/t13-,14-,15-/m0/s1. The lowest BCUT2D eigenvalue weighted by atomic mass is 9.71. The Morgan fingerprint density at radius 1 is 1.20 bits per heavy atom. The van der Waals surface area contributed by atoms with Gasteiger partial charge in [-0.05, 0) is 42.7 Å². The molecule has 1 aliphatic carbocycles. The van der Waals surface area contributed by atoms with Crippen molar-refractivity contribution in [3.63, 3.8) is 0 Å². The average Bonchev–Trinajstić information content (AvgIpc) is 2.41. The maximum atomic E-state index is 12.0. The van der Waals surface area contributed by atoms with Crippen molar-refractivity contribution in [1.82, 2.24) is 0 Å². The van der Waals surface area contributed by atoms with Gasteiger partial charge in [0.25, 0.3) is 0 Å². The maximum Gasteiger partial charge on any atom is 0.338 e. The van der Waals surface area contributed by atoms with E-state index in [-0.39, 0.29) is 17.5 Å². The van der Waals surface area contributed by atoms with Gasteiger partial charge in [0.2, 0.25) is 0 Å². The third-order valence-electron chi connectivity index (χ3n) is 4.25. The van der Waals surface area contributed by atoms with E-state index in [2.05, 4.69) is 20.8 Å². The first kappa shape index (κ1) is 15.0. The monoisotopic (exact) mass is 276 g/mol. The molecule has 0 unspecified atom stereocenters. The molecule has 20 heavy (non-hydrogen) atoms. The number of ether oxygens (including phenoxy) is 1. The summed E-state index contributed by atoms with van der Waals surface area (Å²) >= 11 is 0. The molecule has 1 fully saturated rings. The van der Waals surface area contributed by atoms with Crippen LogP contribution < -0.4 is 0 Å².